The summed E-state index contributed by atoms with van der Waals surface area (Å²) in [5.41, 5.74) is 2.20. The Kier molecular flexibility index (Phi) is 4.81. The van der Waals surface area contributed by atoms with Crippen molar-refractivity contribution in [2.24, 2.45) is 0 Å². The Balaban J connectivity index is 1.71. The topological polar surface area (TPSA) is 54.3 Å². The molecule has 1 N–H and O–H groups in total. The van der Waals surface area contributed by atoms with Gasteiger partial charge < -0.3 is 4.57 Å². The Labute approximate surface area is 171 Å². The first-order valence-electron chi connectivity index (χ1n) is 8.43. The van der Waals surface area contributed by atoms with Gasteiger partial charge in [0.05, 0.1) is 5.69 Å². The van der Waals surface area contributed by atoms with Crippen LogP contribution in [0.4, 0.5) is 5.69 Å². The molecule has 28 heavy (non-hydrogen) atoms. The summed E-state index contributed by atoms with van der Waals surface area (Å²) >= 11 is 11.1. The number of halogens is 1. The van der Waals surface area contributed by atoms with Crippen LogP contribution < -0.4 is 10.2 Å². The predicted molar refractivity (Wildman–Crippen MR) is 113 cm³/mol. The van der Waals surface area contributed by atoms with E-state index in [1.165, 1.54) is 4.90 Å². The number of thiocarbonyl (C=S) groups is 1. The molecule has 4 rings (SSSR count). The molecule has 0 atom stereocenters. The van der Waals surface area contributed by atoms with Crippen molar-refractivity contribution in [3.63, 3.8) is 0 Å². The second-order valence-electron chi connectivity index (χ2n) is 6.12. The van der Waals surface area contributed by atoms with Gasteiger partial charge in [-0.3, -0.25) is 19.8 Å². The van der Waals surface area contributed by atoms with E-state index in [9.17, 15) is 9.59 Å². The first-order valence-corrected chi connectivity index (χ1v) is 9.22. The molecular formula is C21H14ClN3O2S. The first kappa shape index (κ1) is 18.2. The third-order valence-corrected chi connectivity index (χ3v) is 4.81. The average molecular weight is 408 g/mol. The number of benzene rings is 2. The van der Waals surface area contributed by atoms with Crippen molar-refractivity contribution in [3.8, 4) is 5.69 Å². The van der Waals surface area contributed by atoms with E-state index in [2.05, 4.69) is 5.32 Å². The maximum absolute atomic E-state index is 13.0. The van der Waals surface area contributed by atoms with E-state index in [0.29, 0.717) is 10.7 Å². The molecule has 1 saturated heterocycles. The Morgan fingerprint density at radius 3 is 2.36 bits per heavy atom. The summed E-state index contributed by atoms with van der Waals surface area (Å²) in [6, 6.07) is 18.1. The minimum absolute atomic E-state index is 0.00760. The first-order chi connectivity index (χ1) is 13.5. The molecule has 0 radical (unpaired) electrons. The number of amides is 2. The van der Waals surface area contributed by atoms with Gasteiger partial charge in [0.1, 0.15) is 5.57 Å². The van der Waals surface area contributed by atoms with Crippen molar-refractivity contribution in [2.45, 2.75) is 0 Å². The summed E-state index contributed by atoms with van der Waals surface area (Å²) in [7, 11) is 0. The van der Waals surface area contributed by atoms with Crippen LogP contribution in [0.2, 0.25) is 5.02 Å². The molecule has 2 aromatic carbocycles. The lowest BCUT2D eigenvalue weighted by Gasteiger charge is -2.29. The molecule has 2 heterocycles. The maximum atomic E-state index is 13.0. The summed E-state index contributed by atoms with van der Waals surface area (Å²) in [5, 5.41) is 3.16. The van der Waals surface area contributed by atoms with Crippen LogP contribution in [0, 0.1) is 0 Å². The maximum Gasteiger partial charge on any atom is 0.270 e. The third-order valence-electron chi connectivity index (χ3n) is 4.27. The minimum Gasteiger partial charge on any atom is -0.324 e. The van der Waals surface area contributed by atoms with Crippen LogP contribution in [0.15, 0.2) is 78.6 Å². The number of carbonyl (C=O) groups excluding carboxylic acids is 2. The molecule has 0 bridgehead atoms. The van der Waals surface area contributed by atoms with Crippen LogP contribution in [0.25, 0.3) is 11.8 Å². The van der Waals surface area contributed by atoms with Gasteiger partial charge in [-0.05, 0) is 72.4 Å². The van der Waals surface area contributed by atoms with Crippen molar-refractivity contribution in [3.05, 3.63) is 89.2 Å². The van der Waals surface area contributed by atoms with Crippen LogP contribution in [-0.4, -0.2) is 21.5 Å². The molecule has 0 spiro atoms. The standard InChI is InChI=1S/C21H14ClN3O2S/c22-15-6-8-16(9-7-15)25-20(27)18(19(26)23-21(25)28)13-14-4-3-5-17(12-14)24-10-1-2-11-24/h1-13H,(H,23,26,28). The number of hydrogen-bond donors (Lipinski definition) is 1. The molecule has 0 unspecified atom stereocenters. The Hall–Kier alpha value is -3.22. The number of rotatable bonds is 3. The SMILES string of the molecule is O=C1NC(=S)N(c2ccc(Cl)cc2)C(=O)C1=Cc1cccc(-n2cccc2)c1. The van der Waals surface area contributed by atoms with Gasteiger partial charge in [-0.25, -0.2) is 0 Å². The summed E-state index contributed by atoms with van der Waals surface area (Å²) in [4.78, 5) is 26.7. The fourth-order valence-corrected chi connectivity index (χ4v) is 3.34. The monoisotopic (exact) mass is 407 g/mol. The van der Waals surface area contributed by atoms with E-state index in [0.717, 1.165) is 11.3 Å². The van der Waals surface area contributed by atoms with Crippen molar-refractivity contribution in [1.82, 2.24) is 9.88 Å². The van der Waals surface area contributed by atoms with E-state index in [1.54, 1.807) is 30.3 Å². The van der Waals surface area contributed by atoms with Gasteiger partial charge in [-0.15, -0.1) is 0 Å². The third kappa shape index (κ3) is 3.47. The van der Waals surface area contributed by atoms with E-state index < -0.39 is 11.8 Å². The quantitative estimate of drug-likeness (QED) is 0.406. The minimum atomic E-state index is -0.522. The lowest BCUT2D eigenvalue weighted by atomic mass is 10.1. The number of nitrogens with one attached hydrogen (secondary N) is 1. The molecule has 1 aliphatic rings. The largest absolute Gasteiger partial charge is 0.324 e. The molecular weight excluding hydrogens is 394 g/mol. The molecule has 1 aliphatic heterocycles. The van der Waals surface area contributed by atoms with E-state index in [1.807, 2.05) is 53.4 Å². The molecule has 2 amide bonds. The zero-order chi connectivity index (χ0) is 19.7. The fourth-order valence-electron chi connectivity index (χ4n) is 2.93. The number of nitrogens with zero attached hydrogens (tertiary/aromatic N) is 2. The summed E-state index contributed by atoms with van der Waals surface area (Å²) < 4.78 is 1.94. The van der Waals surface area contributed by atoms with E-state index in [4.69, 9.17) is 23.8 Å². The molecule has 1 aromatic heterocycles. The van der Waals surface area contributed by atoms with Crippen LogP contribution in [0.5, 0.6) is 0 Å². The highest BCUT2D eigenvalue weighted by molar-refractivity contribution is 7.80. The van der Waals surface area contributed by atoms with Gasteiger partial charge in [0.25, 0.3) is 11.8 Å². The van der Waals surface area contributed by atoms with E-state index >= 15 is 0 Å². The molecule has 138 valence electrons. The lowest BCUT2D eigenvalue weighted by Crippen LogP contribution is -2.54. The van der Waals surface area contributed by atoms with Gasteiger partial charge in [0, 0.05) is 23.1 Å². The molecule has 1 fully saturated rings. The highest BCUT2D eigenvalue weighted by atomic mass is 35.5. The van der Waals surface area contributed by atoms with Gasteiger partial charge in [0.15, 0.2) is 5.11 Å². The van der Waals surface area contributed by atoms with Crippen LogP contribution >= 0.6 is 23.8 Å². The number of carbonyl (C=O) groups is 2. The summed E-state index contributed by atoms with van der Waals surface area (Å²) in [6.45, 7) is 0. The van der Waals surface area contributed by atoms with Gasteiger partial charge in [-0.2, -0.15) is 0 Å². The molecule has 0 aliphatic carbocycles. The summed E-state index contributed by atoms with van der Waals surface area (Å²) in [5.74, 6) is -1.01. The lowest BCUT2D eigenvalue weighted by molar-refractivity contribution is -0.122. The van der Waals surface area contributed by atoms with Crippen molar-refractivity contribution in [1.29, 1.82) is 0 Å². The molecule has 7 heteroatoms. The Morgan fingerprint density at radius 1 is 0.929 bits per heavy atom. The van der Waals surface area contributed by atoms with Crippen LogP contribution in [0.3, 0.4) is 0 Å². The summed E-state index contributed by atoms with van der Waals surface area (Å²) in [6.07, 6.45) is 5.41. The smallest absolute Gasteiger partial charge is 0.270 e. The Morgan fingerprint density at radius 2 is 1.64 bits per heavy atom. The highest BCUT2D eigenvalue weighted by Gasteiger charge is 2.34. The van der Waals surface area contributed by atoms with Crippen molar-refractivity contribution in [2.75, 3.05) is 4.90 Å². The number of anilines is 1. The second-order valence-corrected chi connectivity index (χ2v) is 6.94. The predicted octanol–water partition coefficient (Wildman–Crippen LogP) is 3.96. The van der Waals surface area contributed by atoms with Crippen molar-refractivity contribution < 1.29 is 9.59 Å². The second kappa shape index (κ2) is 7.42. The molecule has 5 nitrogen and oxygen atoms in total. The van der Waals surface area contributed by atoms with E-state index in [-0.39, 0.29) is 10.7 Å². The number of hydrogen-bond acceptors (Lipinski definition) is 3. The number of aromatic nitrogens is 1. The molecule has 0 saturated carbocycles. The van der Waals surface area contributed by atoms with Gasteiger partial charge in [0.2, 0.25) is 0 Å². The van der Waals surface area contributed by atoms with Crippen LogP contribution in [0.1, 0.15) is 5.56 Å². The highest BCUT2D eigenvalue weighted by Crippen LogP contribution is 2.24. The Bertz CT molecular complexity index is 1100. The average Bonchev–Trinajstić information content (AvgIpc) is 3.22. The normalized spacial score (nSPS) is 15.8. The fraction of sp³-hybridized carbons (Fsp3) is 0. The van der Waals surface area contributed by atoms with Gasteiger partial charge in [-0.1, -0.05) is 23.7 Å². The van der Waals surface area contributed by atoms with Crippen LogP contribution in [-0.2, 0) is 9.59 Å². The molecule has 3 aromatic rings. The zero-order valence-corrected chi connectivity index (χ0v) is 16.1. The zero-order valence-electron chi connectivity index (χ0n) is 14.5. The van der Waals surface area contributed by atoms with Crippen molar-refractivity contribution >= 4 is 52.5 Å². The van der Waals surface area contributed by atoms with Gasteiger partial charge >= 0.3 is 0 Å².